The van der Waals surface area contributed by atoms with E-state index in [1.807, 2.05) is 24.3 Å². The van der Waals surface area contributed by atoms with Crippen LogP contribution in [0.2, 0.25) is 0 Å². The van der Waals surface area contributed by atoms with Crippen LogP contribution in [-0.4, -0.2) is 33.6 Å². The summed E-state index contributed by atoms with van der Waals surface area (Å²) in [6.07, 6.45) is 0. The topological polar surface area (TPSA) is 104 Å². The number of methoxy groups -OCH3 is 1. The predicted molar refractivity (Wildman–Crippen MR) is 106 cm³/mol. The first-order valence-electron chi connectivity index (χ1n) is 8.65. The Morgan fingerprint density at radius 3 is 2.76 bits per heavy atom. The average molecular weight is 417 g/mol. The monoisotopic (exact) mass is 417 g/mol. The lowest BCUT2D eigenvalue weighted by molar-refractivity contribution is -0.118. The number of amides is 1. The van der Waals surface area contributed by atoms with E-state index in [-0.39, 0.29) is 24.1 Å². The van der Waals surface area contributed by atoms with E-state index in [2.05, 4.69) is 15.5 Å². The van der Waals surface area contributed by atoms with Gasteiger partial charge in [0.2, 0.25) is 11.1 Å². The lowest BCUT2D eigenvalue weighted by Crippen LogP contribution is -2.25. The molecule has 152 valence electrons. The molecule has 3 rings (SSSR count). The minimum absolute atomic E-state index is 0.0672. The van der Waals surface area contributed by atoms with E-state index in [1.54, 1.807) is 7.11 Å². The quantitative estimate of drug-likeness (QED) is 0.406. The predicted octanol–water partition coefficient (Wildman–Crippen LogP) is 2.13. The molecule has 0 spiro atoms. The molecule has 1 aromatic heterocycles. The molecule has 0 aliphatic rings. The Hall–Kier alpha value is -3.27. The third kappa shape index (κ3) is 5.85. The number of hydrogen-bond donors (Lipinski definition) is 2. The molecule has 3 N–H and O–H groups in total. The second-order valence-corrected chi connectivity index (χ2v) is 6.87. The number of nitrogens with one attached hydrogen (secondary N) is 1. The van der Waals surface area contributed by atoms with Crippen molar-refractivity contribution in [2.24, 2.45) is 0 Å². The van der Waals surface area contributed by atoms with Gasteiger partial charge in [-0.15, -0.1) is 10.2 Å². The molecular weight excluding hydrogens is 397 g/mol. The smallest absolute Gasteiger partial charge is 0.230 e. The van der Waals surface area contributed by atoms with Crippen molar-refractivity contribution in [2.75, 3.05) is 18.7 Å². The van der Waals surface area contributed by atoms with Gasteiger partial charge in [-0.25, -0.2) is 9.07 Å². The van der Waals surface area contributed by atoms with Gasteiger partial charge in [-0.2, -0.15) is 0 Å². The van der Waals surface area contributed by atoms with Gasteiger partial charge in [0, 0.05) is 6.54 Å². The van der Waals surface area contributed by atoms with Crippen LogP contribution in [0.3, 0.4) is 0 Å². The number of rotatable bonds is 9. The van der Waals surface area contributed by atoms with Gasteiger partial charge < -0.3 is 20.6 Å². The standard InChI is InChI=1S/C19H20FN5O3S/c1-27-16-4-2-3-13(9-16)10-22-18(26)12-29-19-24-23-17(25(19)21)11-28-15-7-5-14(20)6-8-15/h2-9H,10-12,21H2,1H3,(H,22,26). The molecule has 0 atom stereocenters. The van der Waals surface area contributed by atoms with Gasteiger partial charge in [0.25, 0.3) is 0 Å². The molecule has 10 heteroatoms. The average Bonchev–Trinajstić information content (AvgIpc) is 3.10. The molecule has 0 aliphatic carbocycles. The molecule has 0 bridgehead atoms. The minimum Gasteiger partial charge on any atom is -0.497 e. The first-order chi connectivity index (χ1) is 14.0. The molecule has 3 aromatic rings. The fourth-order valence-corrected chi connectivity index (χ4v) is 3.05. The summed E-state index contributed by atoms with van der Waals surface area (Å²) >= 11 is 1.16. The molecule has 29 heavy (non-hydrogen) atoms. The first-order valence-corrected chi connectivity index (χ1v) is 9.64. The normalized spacial score (nSPS) is 10.6. The van der Waals surface area contributed by atoms with Crippen LogP contribution in [0.25, 0.3) is 0 Å². The highest BCUT2D eigenvalue weighted by Gasteiger charge is 2.13. The van der Waals surface area contributed by atoms with Crippen molar-refractivity contribution >= 4 is 17.7 Å². The lowest BCUT2D eigenvalue weighted by Gasteiger charge is -2.07. The van der Waals surface area contributed by atoms with Crippen molar-refractivity contribution in [2.45, 2.75) is 18.3 Å². The highest BCUT2D eigenvalue weighted by Crippen LogP contribution is 2.17. The summed E-state index contributed by atoms with van der Waals surface area (Å²) in [6, 6.07) is 13.1. The Morgan fingerprint density at radius 1 is 1.21 bits per heavy atom. The highest BCUT2D eigenvalue weighted by molar-refractivity contribution is 7.99. The number of nitrogen functional groups attached to an aromatic ring is 1. The summed E-state index contributed by atoms with van der Waals surface area (Å²) < 4.78 is 24.8. The Balaban J connectivity index is 1.46. The van der Waals surface area contributed by atoms with Crippen molar-refractivity contribution in [1.29, 1.82) is 0 Å². The van der Waals surface area contributed by atoms with E-state index < -0.39 is 0 Å². The third-order valence-corrected chi connectivity index (χ3v) is 4.82. The minimum atomic E-state index is -0.345. The molecule has 1 amide bonds. The highest BCUT2D eigenvalue weighted by atomic mass is 32.2. The summed E-state index contributed by atoms with van der Waals surface area (Å²) in [5, 5.41) is 11.1. The molecule has 0 saturated heterocycles. The summed E-state index contributed by atoms with van der Waals surface area (Å²) in [4.78, 5) is 12.1. The molecule has 0 unspecified atom stereocenters. The zero-order valence-corrected chi connectivity index (χ0v) is 16.5. The largest absolute Gasteiger partial charge is 0.497 e. The fraction of sp³-hybridized carbons (Fsp3) is 0.211. The maximum Gasteiger partial charge on any atom is 0.230 e. The molecule has 0 aliphatic heterocycles. The molecule has 0 fully saturated rings. The van der Waals surface area contributed by atoms with E-state index >= 15 is 0 Å². The van der Waals surface area contributed by atoms with Crippen LogP contribution in [0.15, 0.2) is 53.7 Å². The van der Waals surface area contributed by atoms with Crippen molar-refractivity contribution in [3.8, 4) is 11.5 Å². The number of benzene rings is 2. The van der Waals surface area contributed by atoms with Crippen LogP contribution in [0.1, 0.15) is 11.4 Å². The van der Waals surface area contributed by atoms with Crippen LogP contribution in [0.5, 0.6) is 11.5 Å². The number of ether oxygens (including phenoxy) is 2. The van der Waals surface area contributed by atoms with Crippen LogP contribution in [0.4, 0.5) is 4.39 Å². The van der Waals surface area contributed by atoms with E-state index in [9.17, 15) is 9.18 Å². The molecular formula is C19H20FN5O3S. The number of nitrogens with two attached hydrogens (primary N) is 1. The summed E-state index contributed by atoms with van der Waals surface area (Å²) in [7, 11) is 1.59. The van der Waals surface area contributed by atoms with Crippen molar-refractivity contribution < 1.29 is 18.7 Å². The Labute approximate surface area is 171 Å². The molecule has 1 heterocycles. The van der Waals surface area contributed by atoms with E-state index in [4.69, 9.17) is 15.3 Å². The SMILES string of the molecule is COc1cccc(CNC(=O)CSc2nnc(COc3ccc(F)cc3)n2N)c1. The van der Waals surface area contributed by atoms with Crippen LogP contribution in [0, 0.1) is 5.82 Å². The summed E-state index contributed by atoms with van der Waals surface area (Å²) in [6.45, 7) is 0.459. The number of thioether (sulfide) groups is 1. The molecule has 8 nitrogen and oxygen atoms in total. The van der Waals surface area contributed by atoms with Gasteiger partial charge in [-0.1, -0.05) is 23.9 Å². The van der Waals surface area contributed by atoms with E-state index in [0.717, 1.165) is 23.1 Å². The number of halogens is 1. The lowest BCUT2D eigenvalue weighted by atomic mass is 10.2. The summed E-state index contributed by atoms with van der Waals surface area (Å²) in [5.74, 6) is 7.19. The Bertz CT molecular complexity index is 965. The number of carbonyl (C=O) groups is 1. The van der Waals surface area contributed by atoms with Crippen LogP contribution in [-0.2, 0) is 17.9 Å². The number of aromatic nitrogens is 3. The van der Waals surface area contributed by atoms with Gasteiger partial charge in [0.05, 0.1) is 12.9 Å². The summed E-state index contributed by atoms with van der Waals surface area (Å²) in [5.41, 5.74) is 0.935. The maximum atomic E-state index is 12.9. The Morgan fingerprint density at radius 2 is 2.00 bits per heavy atom. The molecule has 0 saturated carbocycles. The van der Waals surface area contributed by atoms with E-state index in [0.29, 0.717) is 23.3 Å². The zero-order chi connectivity index (χ0) is 20.6. The second kappa shape index (κ2) is 9.78. The van der Waals surface area contributed by atoms with Gasteiger partial charge in [0.1, 0.15) is 23.9 Å². The first kappa shape index (κ1) is 20.5. The van der Waals surface area contributed by atoms with Gasteiger partial charge in [-0.05, 0) is 42.0 Å². The van der Waals surface area contributed by atoms with Crippen LogP contribution < -0.4 is 20.6 Å². The van der Waals surface area contributed by atoms with E-state index in [1.165, 1.54) is 28.9 Å². The maximum absolute atomic E-state index is 12.9. The molecule has 0 radical (unpaired) electrons. The molecule has 2 aromatic carbocycles. The number of carbonyl (C=O) groups excluding carboxylic acids is 1. The van der Waals surface area contributed by atoms with Crippen molar-refractivity contribution in [1.82, 2.24) is 20.2 Å². The van der Waals surface area contributed by atoms with Crippen LogP contribution >= 0.6 is 11.8 Å². The van der Waals surface area contributed by atoms with Gasteiger partial charge in [0.15, 0.2) is 5.82 Å². The fourth-order valence-electron chi connectivity index (χ4n) is 2.35. The zero-order valence-electron chi connectivity index (χ0n) is 15.7. The third-order valence-electron chi connectivity index (χ3n) is 3.87. The van der Waals surface area contributed by atoms with Gasteiger partial charge in [-0.3, -0.25) is 4.79 Å². The number of nitrogens with zero attached hydrogens (tertiary/aromatic N) is 3. The second-order valence-electron chi connectivity index (χ2n) is 5.93. The number of hydrogen-bond acceptors (Lipinski definition) is 7. The van der Waals surface area contributed by atoms with Crippen molar-refractivity contribution in [3.05, 3.63) is 65.7 Å². The van der Waals surface area contributed by atoms with Crippen molar-refractivity contribution in [3.63, 3.8) is 0 Å². The van der Waals surface area contributed by atoms with Gasteiger partial charge >= 0.3 is 0 Å². The Kier molecular flexibility index (Phi) is 6.90.